The summed E-state index contributed by atoms with van der Waals surface area (Å²) in [5, 5.41) is 1.34. The predicted molar refractivity (Wildman–Crippen MR) is 113 cm³/mol. The van der Waals surface area contributed by atoms with Gasteiger partial charge in [-0.1, -0.05) is 29.8 Å². The highest BCUT2D eigenvalue weighted by atomic mass is 35.5. The predicted octanol–water partition coefficient (Wildman–Crippen LogP) is 3.73. The van der Waals surface area contributed by atoms with Crippen molar-refractivity contribution in [3.8, 4) is 5.75 Å². The second-order valence-corrected chi connectivity index (χ2v) is 7.47. The van der Waals surface area contributed by atoms with Crippen molar-refractivity contribution in [3.05, 3.63) is 69.0 Å². The minimum atomic E-state index is -0.653. The third-order valence-corrected chi connectivity index (χ3v) is 5.49. The molecule has 2 aromatic carbocycles. The highest BCUT2D eigenvalue weighted by molar-refractivity contribution is 6.30. The number of halogens is 1. The number of benzene rings is 2. The molecule has 0 bridgehead atoms. The largest absolute Gasteiger partial charge is 0.493 e. The lowest BCUT2D eigenvalue weighted by atomic mass is 10.1. The number of para-hydroxylation sites is 1. The molecule has 1 saturated heterocycles. The molecule has 1 amide bonds. The van der Waals surface area contributed by atoms with Gasteiger partial charge in [0.1, 0.15) is 5.56 Å². The molecule has 0 spiro atoms. The SMILES string of the molecule is COc1cccc2cc(C(=O)N3CCN(c4cc(Cl)ccc4C)CC3)c(=O)oc12. The lowest BCUT2D eigenvalue weighted by molar-refractivity contribution is 0.0742. The van der Waals surface area contributed by atoms with Crippen LogP contribution in [0.25, 0.3) is 11.0 Å². The number of piperazine rings is 1. The Hall–Kier alpha value is -2.99. The maximum absolute atomic E-state index is 13.0. The van der Waals surface area contributed by atoms with Gasteiger partial charge in [-0.15, -0.1) is 0 Å². The van der Waals surface area contributed by atoms with Gasteiger partial charge >= 0.3 is 5.63 Å². The molecule has 0 aliphatic carbocycles. The Balaban J connectivity index is 1.55. The van der Waals surface area contributed by atoms with Gasteiger partial charge in [-0.25, -0.2) is 4.79 Å². The van der Waals surface area contributed by atoms with Crippen LogP contribution in [0, 0.1) is 6.92 Å². The molecule has 0 N–H and O–H groups in total. The molecular weight excluding hydrogens is 392 g/mol. The minimum absolute atomic E-state index is 0.0399. The van der Waals surface area contributed by atoms with Gasteiger partial charge in [0.05, 0.1) is 7.11 Å². The van der Waals surface area contributed by atoms with E-state index in [4.69, 9.17) is 20.8 Å². The molecule has 0 saturated carbocycles. The summed E-state index contributed by atoms with van der Waals surface area (Å²) < 4.78 is 10.6. The highest BCUT2D eigenvalue weighted by Gasteiger charge is 2.26. The number of rotatable bonds is 3. The zero-order chi connectivity index (χ0) is 20.5. The van der Waals surface area contributed by atoms with E-state index in [2.05, 4.69) is 4.90 Å². The van der Waals surface area contributed by atoms with Gasteiger partial charge in [-0.05, 0) is 36.8 Å². The van der Waals surface area contributed by atoms with Gasteiger partial charge in [0.15, 0.2) is 11.3 Å². The molecule has 1 aliphatic heterocycles. The lowest BCUT2D eigenvalue weighted by Crippen LogP contribution is -2.49. The molecular formula is C22H21ClN2O4. The number of hydrogen-bond acceptors (Lipinski definition) is 5. The molecule has 1 fully saturated rings. The average molecular weight is 413 g/mol. The van der Waals surface area contributed by atoms with E-state index < -0.39 is 5.63 Å². The van der Waals surface area contributed by atoms with Crippen LogP contribution in [0.2, 0.25) is 5.02 Å². The molecule has 3 aromatic rings. The van der Waals surface area contributed by atoms with Gasteiger partial charge in [0.2, 0.25) is 0 Å². The molecule has 1 aliphatic rings. The second-order valence-electron chi connectivity index (χ2n) is 7.04. The Labute approximate surface area is 173 Å². The lowest BCUT2D eigenvalue weighted by Gasteiger charge is -2.36. The molecule has 2 heterocycles. The smallest absolute Gasteiger partial charge is 0.349 e. The molecule has 0 radical (unpaired) electrons. The average Bonchev–Trinajstić information content (AvgIpc) is 2.74. The number of fused-ring (bicyclic) bond motifs is 1. The summed E-state index contributed by atoms with van der Waals surface area (Å²) >= 11 is 6.14. The van der Waals surface area contributed by atoms with Gasteiger partial charge in [0, 0.05) is 42.3 Å². The van der Waals surface area contributed by atoms with Crippen molar-refractivity contribution in [2.45, 2.75) is 6.92 Å². The fourth-order valence-corrected chi connectivity index (χ4v) is 3.84. The van der Waals surface area contributed by atoms with Crippen LogP contribution in [0.5, 0.6) is 5.75 Å². The Morgan fingerprint density at radius 2 is 1.86 bits per heavy atom. The maximum Gasteiger partial charge on any atom is 0.349 e. The van der Waals surface area contributed by atoms with E-state index in [1.54, 1.807) is 29.2 Å². The molecule has 150 valence electrons. The van der Waals surface area contributed by atoms with Crippen LogP contribution in [0.3, 0.4) is 0 Å². The van der Waals surface area contributed by atoms with E-state index in [9.17, 15) is 9.59 Å². The van der Waals surface area contributed by atoms with E-state index in [-0.39, 0.29) is 11.5 Å². The fraction of sp³-hybridized carbons (Fsp3) is 0.273. The van der Waals surface area contributed by atoms with Crippen molar-refractivity contribution in [2.75, 3.05) is 38.2 Å². The van der Waals surface area contributed by atoms with Crippen LogP contribution in [-0.2, 0) is 0 Å². The van der Waals surface area contributed by atoms with Crippen molar-refractivity contribution >= 4 is 34.2 Å². The molecule has 6 nitrogen and oxygen atoms in total. The number of carbonyl (C=O) groups is 1. The Kier molecular flexibility index (Phi) is 5.20. The molecule has 1 aromatic heterocycles. The molecule has 29 heavy (non-hydrogen) atoms. The first kappa shape index (κ1) is 19.3. The van der Waals surface area contributed by atoms with Crippen LogP contribution in [0.4, 0.5) is 5.69 Å². The topological polar surface area (TPSA) is 63.0 Å². The summed E-state index contributed by atoms with van der Waals surface area (Å²) in [7, 11) is 1.51. The Bertz CT molecular complexity index is 1130. The standard InChI is InChI=1S/C22H21ClN2O4/c1-14-6-7-16(23)13-18(14)24-8-10-25(11-9-24)21(26)17-12-15-4-3-5-19(28-2)20(15)29-22(17)27/h3-7,12-13H,8-11H2,1-2H3. The van der Waals surface area contributed by atoms with Crippen molar-refractivity contribution in [3.63, 3.8) is 0 Å². The van der Waals surface area contributed by atoms with E-state index >= 15 is 0 Å². The zero-order valence-electron chi connectivity index (χ0n) is 16.3. The summed E-state index contributed by atoms with van der Waals surface area (Å²) in [6.07, 6.45) is 0. The number of nitrogens with zero attached hydrogens (tertiary/aromatic N) is 2. The first-order valence-corrected chi connectivity index (χ1v) is 9.77. The number of carbonyl (C=O) groups excluding carboxylic acids is 1. The third kappa shape index (κ3) is 3.68. The van der Waals surface area contributed by atoms with Crippen LogP contribution in [-0.4, -0.2) is 44.1 Å². The molecule has 0 atom stereocenters. The van der Waals surface area contributed by atoms with Crippen LogP contribution in [0.1, 0.15) is 15.9 Å². The number of hydrogen-bond donors (Lipinski definition) is 0. The third-order valence-electron chi connectivity index (χ3n) is 5.25. The number of amides is 1. The minimum Gasteiger partial charge on any atom is -0.493 e. The quantitative estimate of drug-likeness (QED) is 0.613. The van der Waals surface area contributed by atoms with E-state index in [1.807, 2.05) is 25.1 Å². The molecule has 4 rings (SSSR count). The maximum atomic E-state index is 13.0. The monoisotopic (exact) mass is 412 g/mol. The number of anilines is 1. The number of aryl methyl sites for hydroxylation is 1. The number of ether oxygens (including phenoxy) is 1. The van der Waals surface area contributed by atoms with E-state index in [0.29, 0.717) is 47.9 Å². The number of methoxy groups -OCH3 is 1. The normalized spacial score (nSPS) is 14.3. The Morgan fingerprint density at radius 3 is 2.59 bits per heavy atom. The highest BCUT2D eigenvalue weighted by Crippen LogP contribution is 2.27. The summed E-state index contributed by atoms with van der Waals surface area (Å²) in [6, 6.07) is 12.7. The zero-order valence-corrected chi connectivity index (χ0v) is 17.0. The molecule has 7 heteroatoms. The van der Waals surface area contributed by atoms with Gasteiger partial charge in [0.25, 0.3) is 5.91 Å². The second kappa shape index (κ2) is 7.79. The van der Waals surface area contributed by atoms with Crippen LogP contribution in [0.15, 0.2) is 51.7 Å². The summed E-state index contributed by atoms with van der Waals surface area (Å²) in [4.78, 5) is 29.3. The van der Waals surface area contributed by atoms with Crippen molar-refractivity contribution < 1.29 is 13.9 Å². The van der Waals surface area contributed by atoms with Crippen LogP contribution >= 0.6 is 11.6 Å². The Morgan fingerprint density at radius 1 is 1.10 bits per heavy atom. The summed E-state index contributed by atoms with van der Waals surface area (Å²) in [6.45, 7) is 4.40. The van der Waals surface area contributed by atoms with Crippen molar-refractivity contribution in [2.24, 2.45) is 0 Å². The van der Waals surface area contributed by atoms with Crippen LogP contribution < -0.4 is 15.3 Å². The van der Waals surface area contributed by atoms with Gasteiger partial charge in [-0.2, -0.15) is 0 Å². The fourth-order valence-electron chi connectivity index (χ4n) is 3.67. The summed E-state index contributed by atoms with van der Waals surface area (Å²) in [5.41, 5.74) is 1.94. The van der Waals surface area contributed by atoms with E-state index in [1.165, 1.54) is 7.11 Å². The van der Waals surface area contributed by atoms with Crippen molar-refractivity contribution in [1.29, 1.82) is 0 Å². The van der Waals surface area contributed by atoms with Crippen molar-refractivity contribution in [1.82, 2.24) is 4.90 Å². The first-order valence-electron chi connectivity index (χ1n) is 9.39. The van der Waals surface area contributed by atoms with Gasteiger partial charge in [-0.3, -0.25) is 4.79 Å². The van der Waals surface area contributed by atoms with Gasteiger partial charge < -0.3 is 19.0 Å². The first-order chi connectivity index (χ1) is 14.0. The summed E-state index contributed by atoms with van der Waals surface area (Å²) in [5.74, 6) is 0.148. The molecule has 0 unspecified atom stereocenters. The van der Waals surface area contributed by atoms with E-state index in [0.717, 1.165) is 11.3 Å².